The normalized spacial score (nSPS) is 15.2. The van der Waals surface area contributed by atoms with E-state index in [-0.39, 0.29) is 5.41 Å². The second kappa shape index (κ2) is 10.7. The van der Waals surface area contributed by atoms with Crippen LogP contribution in [0.4, 0.5) is 11.4 Å². The summed E-state index contributed by atoms with van der Waals surface area (Å²) in [6.07, 6.45) is 4.68. The van der Waals surface area contributed by atoms with Crippen LogP contribution < -0.4 is 20.9 Å². The van der Waals surface area contributed by atoms with Crippen molar-refractivity contribution >= 4 is 11.4 Å². The zero-order valence-electron chi connectivity index (χ0n) is 23.8. The molecule has 5 rings (SSSR count). The molecular weight excluding hydrogens is 480 g/mol. The van der Waals surface area contributed by atoms with Crippen molar-refractivity contribution in [2.45, 2.75) is 65.7 Å². The van der Waals surface area contributed by atoms with Gasteiger partial charge in [-0.05, 0) is 141 Å². The first-order valence-electron chi connectivity index (χ1n) is 13.9. The van der Waals surface area contributed by atoms with Crippen molar-refractivity contribution in [3.05, 3.63) is 106 Å². The van der Waals surface area contributed by atoms with Crippen LogP contribution in [0.3, 0.4) is 0 Å². The van der Waals surface area contributed by atoms with Crippen LogP contribution in [-0.4, -0.2) is 0 Å². The smallest absolute Gasteiger partial charge is 0.130 e. The molecule has 1 aliphatic carbocycles. The quantitative estimate of drug-likeness (QED) is 0.249. The maximum absolute atomic E-state index is 6.32. The lowest BCUT2D eigenvalue weighted by atomic mass is 9.63. The van der Waals surface area contributed by atoms with Crippen molar-refractivity contribution in [1.82, 2.24) is 0 Å². The zero-order chi connectivity index (χ0) is 27.7. The lowest BCUT2D eigenvalue weighted by molar-refractivity contribution is 0.280. The molecule has 0 heterocycles. The van der Waals surface area contributed by atoms with Gasteiger partial charge in [-0.1, -0.05) is 31.2 Å². The second-order valence-electron chi connectivity index (χ2n) is 11.5. The van der Waals surface area contributed by atoms with E-state index >= 15 is 0 Å². The van der Waals surface area contributed by atoms with E-state index in [1.165, 1.54) is 24.0 Å². The van der Waals surface area contributed by atoms with Gasteiger partial charge in [0, 0.05) is 16.8 Å². The summed E-state index contributed by atoms with van der Waals surface area (Å²) in [7, 11) is 0. The Morgan fingerprint density at radius 1 is 0.564 bits per heavy atom. The molecule has 0 bridgehead atoms. The molecule has 0 saturated heterocycles. The summed E-state index contributed by atoms with van der Waals surface area (Å²) >= 11 is 0. The first-order valence-corrected chi connectivity index (χ1v) is 13.9. The van der Waals surface area contributed by atoms with E-state index < -0.39 is 0 Å². The number of nitrogen functional groups attached to an aromatic ring is 2. The van der Waals surface area contributed by atoms with Crippen LogP contribution in [0.15, 0.2) is 72.8 Å². The standard InChI is InChI=1S/C35H40N2O2/c1-22-14-16-35(17-15-22,27-6-10-31(23(2)18-27)38-33-12-8-29(36)20-25(33)4)28-7-11-32(24(3)19-28)39-34-13-9-30(37)21-26(34)5/h6-13,18-22H,14-17,36-37H2,1-5H3. The molecule has 4 N–H and O–H groups in total. The van der Waals surface area contributed by atoms with Gasteiger partial charge in [-0.2, -0.15) is 0 Å². The molecule has 202 valence electrons. The molecular formula is C35H40N2O2. The first-order chi connectivity index (χ1) is 18.6. The van der Waals surface area contributed by atoms with Crippen LogP contribution in [0.25, 0.3) is 0 Å². The van der Waals surface area contributed by atoms with Crippen molar-refractivity contribution in [3.63, 3.8) is 0 Å². The van der Waals surface area contributed by atoms with Crippen LogP contribution in [0.5, 0.6) is 23.0 Å². The molecule has 4 aromatic carbocycles. The molecule has 39 heavy (non-hydrogen) atoms. The molecule has 4 heteroatoms. The van der Waals surface area contributed by atoms with Gasteiger partial charge in [0.2, 0.25) is 0 Å². The second-order valence-corrected chi connectivity index (χ2v) is 11.5. The number of nitrogens with two attached hydrogens (primary N) is 2. The molecule has 4 aromatic rings. The Labute approximate surface area is 233 Å². The van der Waals surface area contributed by atoms with E-state index in [0.717, 1.165) is 75.4 Å². The molecule has 0 radical (unpaired) electrons. The van der Waals surface area contributed by atoms with Crippen LogP contribution in [0.2, 0.25) is 0 Å². The minimum atomic E-state index is -0.0344. The van der Waals surface area contributed by atoms with Crippen LogP contribution in [0.1, 0.15) is 66.0 Å². The van der Waals surface area contributed by atoms with Gasteiger partial charge in [0.15, 0.2) is 0 Å². The summed E-state index contributed by atoms with van der Waals surface area (Å²) < 4.78 is 12.6. The van der Waals surface area contributed by atoms with Crippen molar-refractivity contribution in [3.8, 4) is 23.0 Å². The van der Waals surface area contributed by atoms with E-state index in [2.05, 4.69) is 57.2 Å². The number of rotatable bonds is 6. The Hall–Kier alpha value is -3.92. The van der Waals surface area contributed by atoms with Gasteiger partial charge < -0.3 is 20.9 Å². The monoisotopic (exact) mass is 520 g/mol. The maximum atomic E-state index is 6.32. The van der Waals surface area contributed by atoms with E-state index in [0.29, 0.717) is 0 Å². The molecule has 0 aliphatic heterocycles. The summed E-state index contributed by atoms with van der Waals surface area (Å²) in [4.78, 5) is 0. The Balaban J connectivity index is 1.48. The third-order valence-electron chi connectivity index (χ3n) is 8.42. The lowest BCUT2D eigenvalue weighted by Gasteiger charge is -2.41. The van der Waals surface area contributed by atoms with E-state index in [1.54, 1.807) is 0 Å². The highest BCUT2D eigenvalue weighted by molar-refractivity contribution is 5.53. The van der Waals surface area contributed by atoms with Gasteiger partial charge in [0.1, 0.15) is 23.0 Å². The fourth-order valence-corrected chi connectivity index (χ4v) is 5.93. The van der Waals surface area contributed by atoms with Gasteiger partial charge in [-0.3, -0.25) is 0 Å². The molecule has 1 saturated carbocycles. The van der Waals surface area contributed by atoms with E-state index in [1.807, 2.05) is 50.2 Å². The molecule has 0 aromatic heterocycles. The average Bonchev–Trinajstić information content (AvgIpc) is 2.90. The van der Waals surface area contributed by atoms with Crippen LogP contribution in [0, 0.1) is 33.6 Å². The van der Waals surface area contributed by atoms with Gasteiger partial charge in [0.25, 0.3) is 0 Å². The van der Waals surface area contributed by atoms with Crippen molar-refractivity contribution < 1.29 is 9.47 Å². The third kappa shape index (κ3) is 5.47. The lowest BCUT2D eigenvalue weighted by Crippen LogP contribution is -2.32. The van der Waals surface area contributed by atoms with E-state index in [4.69, 9.17) is 20.9 Å². The largest absolute Gasteiger partial charge is 0.457 e. The topological polar surface area (TPSA) is 70.5 Å². The summed E-state index contributed by atoms with van der Waals surface area (Å²) in [5, 5.41) is 0. The molecule has 0 amide bonds. The van der Waals surface area contributed by atoms with Gasteiger partial charge >= 0.3 is 0 Å². The Morgan fingerprint density at radius 2 is 0.923 bits per heavy atom. The molecule has 1 aliphatic rings. The SMILES string of the molecule is Cc1cc(N)ccc1Oc1ccc(C2(c3ccc(Oc4ccc(N)cc4C)c(C)c3)CCC(C)CC2)cc1C. The summed E-state index contributed by atoms with van der Waals surface area (Å²) in [5.41, 5.74) is 20.4. The van der Waals surface area contributed by atoms with Crippen molar-refractivity contribution in [2.24, 2.45) is 5.92 Å². The Kier molecular flexibility index (Phi) is 7.31. The molecule has 1 fully saturated rings. The molecule has 0 spiro atoms. The molecule has 0 atom stereocenters. The van der Waals surface area contributed by atoms with Gasteiger partial charge in [-0.25, -0.2) is 0 Å². The van der Waals surface area contributed by atoms with Gasteiger partial charge in [-0.15, -0.1) is 0 Å². The number of anilines is 2. The number of benzene rings is 4. The maximum Gasteiger partial charge on any atom is 0.130 e. The first kappa shape index (κ1) is 26.7. The molecule has 0 unspecified atom stereocenters. The van der Waals surface area contributed by atoms with Crippen molar-refractivity contribution in [1.29, 1.82) is 0 Å². The highest BCUT2D eigenvalue weighted by Crippen LogP contribution is 2.48. The third-order valence-corrected chi connectivity index (χ3v) is 8.42. The summed E-state index contributed by atoms with van der Waals surface area (Å²) in [5.74, 6) is 4.18. The minimum Gasteiger partial charge on any atom is -0.457 e. The highest BCUT2D eigenvalue weighted by atomic mass is 16.5. The summed E-state index contributed by atoms with van der Waals surface area (Å²) in [6.45, 7) is 10.7. The average molecular weight is 521 g/mol. The Morgan fingerprint density at radius 3 is 1.28 bits per heavy atom. The van der Waals surface area contributed by atoms with Crippen LogP contribution in [-0.2, 0) is 5.41 Å². The zero-order valence-corrected chi connectivity index (χ0v) is 23.8. The van der Waals surface area contributed by atoms with Crippen molar-refractivity contribution in [2.75, 3.05) is 11.5 Å². The number of hydrogen-bond donors (Lipinski definition) is 2. The molecule has 4 nitrogen and oxygen atoms in total. The summed E-state index contributed by atoms with van der Waals surface area (Å²) in [6, 6.07) is 25.0. The highest BCUT2D eigenvalue weighted by Gasteiger charge is 2.38. The van der Waals surface area contributed by atoms with E-state index in [9.17, 15) is 0 Å². The number of ether oxygens (including phenoxy) is 2. The Bertz CT molecular complexity index is 1390. The predicted molar refractivity (Wildman–Crippen MR) is 162 cm³/mol. The van der Waals surface area contributed by atoms with Gasteiger partial charge in [0.05, 0.1) is 0 Å². The van der Waals surface area contributed by atoms with Crippen LogP contribution >= 0.6 is 0 Å². The minimum absolute atomic E-state index is 0.0344. The fourth-order valence-electron chi connectivity index (χ4n) is 5.93. The predicted octanol–water partition coefficient (Wildman–Crippen LogP) is 9.17. The number of aryl methyl sites for hydroxylation is 4. The number of hydrogen-bond acceptors (Lipinski definition) is 4. The fraction of sp³-hybridized carbons (Fsp3) is 0.314.